The van der Waals surface area contributed by atoms with E-state index in [2.05, 4.69) is 6.92 Å². The van der Waals surface area contributed by atoms with Crippen molar-refractivity contribution < 1.29 is 9.53 Å². The highest BCUT2D eigenvalue weighted by Crippen LogP contribution is 2.31. The summed E-state index contributed by atoms with van der Waals surface area (Å²) in [4.78, 5) is 11.4. The SMILES string of the molecule is CCCCCCCCOc1c(Cl)cc(N)cc1C(N)=O. The van der Waals surface area contributed by atoms with Gasteiger partial charge in [0.1, 0.15) is 0 Å². The number of halogens is 1. The summed E-state index contributed by atoms with van der Waals surface area (Å²) in [6, 6.07) is 3.05. The lowest BCUT2D eigenvalue weighted by molar-refractivity contribution is 0.0996. The van der Waals surface area contributed by atoms with Crippen molar-refractivity contribution in [2.45, 2.75) is 45.4 Å². The number of hydrogen-bond acceptors (Lipinski definition) is 3. The van der Waals surface area contributed by atoms with Crippen LogP contribution in [0.25, 0.3) is 0 Å². The number of amides is 1. The van der Waals surface area contributed by atoms with E-state index in [1.54, 1.807) is 6.07 Å². The molecule has 20 heavy (non-hydrogen) atoms. The number of anilines is 1. The van der Waals surface area contributed by atoms with Crippen LogP contribution in [0.5, 0.6) is 5.75 Å². The zero-order valence-corrected chi connectivity index (χ0v) is 12.7. The van der Waals surface area contributed by atoms with Gasteiger partial charge in [0.05, 0.1) is 17.2 Å². The Labute approximate surface area is 125 Å². The summed E-state index contributed by atoms with van der Waals surface area (Å²) in [5.41, 5.74) is 11.6. The van der Waals surface area contributed by atoms with E-state index >= 15 is 0 Å². The van der Waals surface area contributed by atoms with Crippen molar-refractivity contribution in [3.05, 3.63) is 22.7 Å². The molecule has 0 spiro atoms. The predicted octanol–water partition coefficient (Wildman–Crippen LogP) is 3.76. The van der Waals surface area contributed by atoms with Crippen LogP contribution in [0.4, 0.5) is 5.69 Å². The summed E-state index contributed by atoms with van der Waals surface area (Å²) in [6.07, 6.45) is 7.01. The van der Waals surface area contributed by atoms with Gasteiger partial charge in [0.2, 0.25) is 0 Å². The van der Waals surface area contributed by atoms with Gasteiger partial charge in [0.15, 0.2) is 5.75 Å². The lowest BCUT2D eigenvalue weighted by atomic mass is 10.1. The fourth-order valence-electron chi connectivity index (χ4n) is 2.00. The molecule has 0 aromatic heterocycles. The van der Waals surface area contributed by atoms with Gasteiger partial charge in [-0.1, -0.05) is 50.6 Å². The number of carbonyl (C=O) groups is 1. The summed E-state index contributed by atoms with van der Waals surface area (Å²) in [6.45, 7) is 2.72. The Bertz CT molecular complexity index is 450. The number of ether oxygens (including phenoxy) is 1. The van der Waals surface area contributed by atoms with E-state index < -0.39 is 5.91 Å². The molecule has 0 radical (unpaired) electrons. The van der Waals surface area contributed by atoms with Crippen LogP contribution >= 0.6 is 11.6 Å². The van der Waals surface area contributed by atoms with E-state index in [9.17, 15) is 4.79 Å². The molecule has 1 aromatic carbocycles. The molecule has 112 valence electrons. The molecule has 1 rings (SSSR count). The summed E-state index contributed by atoms with van der Waals surface area (Å²) in [5.74, 6) is -0.251. The fourth-order valence-corrected chi connectivity index (χ4v) is 2.28. The molecule has 4 nitrogen and oxygen atoms in total. The van der Waals surface area contributed by atoms with Crippen molar-refractivity contribution >= 4 is 23.2 Å². The van der Waals surface area contributed by atoms with Crippen molar-refractivity contribution in [1.82, 2.24) is 0 Å². The van der Waals surface area contributed by atoms with Crippen molar-refractivity contribution in [2.24, 2.45) is 5.73 Å². The quantitative estimate of drug-likeness (QED) is 0.538. The van der Waals surface area contributed by atoms with Crippen LogP contribution in [0.3, 0.4) is 0 Å². The number of unbranched alkanes of at least 4 members (excludes halogenated alkanes) is 5. The lowest BCUT2D eigenvalue weighted by Crippen LogP contribution is -2.14. The monoisotopic (exact) mass is 298 g/mol. The molecular weight excluding hydrogens is 276 g/mol. The topological polar surface area (TPSA) is 78.3 Å². The Kier molecular flexibility index (Phi) is 7.23. The van der Waals surface area contributed by atoms with Gasteiger partial charge in [-0.05, 0) is 18.6 Å². The molecule has 0 aliphatic rings. The first-order valence-electron chi connectivity index (χ1n) is 7.08. The zero-order valence-electron chi connectivity index (χ0n) is 12.0. The Morgan fingerprint density at radius 3 is 2.50 bits per heavy atom. The van der Waals surface area contributed by atoms with Crippen molar-refractivity contribution in [1.29, 1.82) is 0 Å². The largest absolute Gasteiger partial charge is 0.491 e. The Hall–Kier alpha value is -1.42. The van der Waals surface area contributed by atoms with Crippen LogP contribution in [0, 0.1) is 0 Å². The first kappa shape index (κ1) is 16.6. The molecule has 0 saturated carbocycles. The molecule has 0 unspecified atom stereocenters. The van der Waals surface area contributed by atoms with E-state index in [1.165, 1.54) is 31.7 Å². The number of benzene rings is 1. The van der Waals surface area contributed by atoms with Crippen LogP contribution < -0.4 is 16.2 Å². The molecule has 0 aliphatic carbocycles. The van der Waals surface area contributed by atoms with Crippen LogP contribution in [0.2, 0.25) is 5.02 Å². The van der Waals surface area contributed by atoms with Gasteiger partial charge in [0.25, 0.3) is 5.91 Å². The normalized spacial score (nSPS) is 10.5. The number of carbonyl (C=O) groups excluding carboxylic acids is 1. The standard InChI is InChI=1S/C15H23ClN2O2/c1-2-3-4-5-6-7-8-20-14-12(15(18)19)9-11(17)10-13(14)16/h9-10H,2-8,17H2,1H3,(H2,18,19). The number of primary amides is 1. The third kappa shape index (κ3) is 5.29. The first-order chi connectivity index (χ1) is 9.56. The van der Waals surface area contributed by atoms with Crippen molar-refractivity contribution in [2.75, 3.05) is 12.3 Å². The smallest absolute Gasteiger partial charge is 0.252 e. The third-order valence-corrected chi connectivity index (χ3v) is 3.36. The van der Waals surface area contributed by atoms with E-state index in [0.717, 1.165) is 12.8 Å². The van der Waals surface area contributed by atoms with Crippen LogP contribution in [0.1, 0.15) is 55.8 Å². The highest BCUT2D eigenvalue weighted by molar-refractivity contribution is 6.33. The average molecular weight is 299 g/mol. The highest BCUT2D eigenvalue weighted by atomic mass is 35.5. The van der Waals surface area contributed by atoms with Crippen LogP contribution in [0.15, 0.2) is 12.1 Å². The summed E-state index contributed by atoms with van der Waals surface area (Å²) in [5, 5.41) is 0.324. The van der Waals surface area contributed by atoms with E-state index in [0.29, 0.717) is 23.1 Å². The average Bonchev–Trinajstić information content (AvgIpc) is 2.39. The minimum absolute atomic E-state index is 0.237. The molecule has 0 atom stereocenters. The van der Waals surface area contributed by atoms with Crippen LogP contribution in [-0.4, -0.2) is 12.5 Å². The Morgan fingerprint density at radius 2 is 1.85 bits per heavy atom. The maximum Gasteiger partial charge on any atom is 0.252 e. The molecule has 5 heteroatoms. The summed E-state index contributed by atoms with van der Waals surface area (Å²) in [7, 11) is 0. The molecule has 4 N–H and O–H groups in total. The lowest BCUT2D eigenvalue weighted by Gasteiger charge is -2.12. The Balaban J connectivity index is 2.49. The molecular formula is C15H23ClN2O2. The van der Waals surface area contributed by atoms with E-state index in [4.69, 9.17) is 27.8 Å². The second kappa shape index (κ2) is 8.69. The first-order valence-corrected chi connectivity index (χ1v) is 7.45. The van der Waals surface area contributed by atoms with Gasteiger partial charge in [-0.15, -0.1) is 0 Å². The minimum atomic E-state index is -0.586. The molecule has 0 saturated heterocycles. The van der Waals surface area contributed by atoms with Gasteiger partial charge in [-0.25, -0.2) is 0 Å². The number of hydrogen-bond donors (Lipinski definition) is 2. The molecule has 0 bridgehead atoms. The second-order valence-corrected chi connectivity index (χ2v) is 5.27. The van der Waals surface area contributed by atoms with Gasteiger partial charge in [-0.3, -0.25) is 4.79 Å². The van der Waals surface area contributed by atoms with Gasteiger partial charge >= 0.3 is 0 Å². The molecule has 1 amide bonds. The fraction of sp³-hybridized carbons (Fsp3) is 0.533. The minimum Gasteiger partial charge on any atom is -0.491 e. The van der Waals surface area contributed by atoms with Gasteiger partial charge in [-0.2, -0.15) is 0 Å². The maximum absolute atomic E-state index is 11.4. The van der Waals surface area contributed by atoms with E-state index in [-0.39, 0.29) is 5.56 Å². The zero-order chi connectivity index (χ0) is 15.0. The van der Waals surface area contributed by atoms with Crippen LogP contribution in [-0.2, 0) is 0 Å². The number of nitrogens with two attached hydrogens (primary N) is 2. The molecule has 0 heterocycles. The molecule has 0 fully saturated rings. The predicted molar refractivity (Wildman–Crippen MR) is 83.3 cm³/mol. The number of nitrogen functional groups attached to an aromatic ring is 1. The van der Waals surface area contributed by atoms with Gasteiger partial charge < -0.3 is 16.2 Å². The highest BCUT2D eigenvalue weighted by Gasteiger charge is 2.14. The Morgan fingerprint density at radius 1 is 1.20 bits per heavy atom. The third-order valence-electron chi connectivity index (χ3n) is 3.08. The van der Waals surface area contributed by atoms with E-state index in [1.807, 2.05) is 0 Å². The number of rotatable bonds is 9. The van der Waals surface area contributed by atoms with Gasteiger partial charge in [0, 0.05) is 5.69 Å². The maximum atomic E-state index is 11.4. The van der Waals surface area contributed by atoms with Crippen molar-refractivity contribution in [3.8, 4) is 5.75 Å². The molecule has 1 aromatic rings. The van der Waals surface area contributed by atoms with Crippen molar-refractivity contribution in [3.63, 3.8) is 0 Å². The molecule has 0 aliphatic heterocycles. The second-order valence-electron chi connectivity index (χ2n) is 4.86. The summed E-state index contributed by atoms with van der Waals surface area (Å²) < 4.78 is 5.60. The summed E-state index contributed by atoms with van der Waals surface area (Å²) >= 11 is 6.05.